The minimum atomic E-state index is 0.197. The summed E-state index contributed by atoms with van der Waals surface area (Å²) < 4.78 is 5.82. The minimum Gasteiger partial charge on any atom is -0.471 e. The topological polar surface area (TPSA) is 49.9 Å². The number of nitrogens with zero attached hydrogens (tertiary/aromatic N) is 1. The van der Waals surface area contributed by atoms with Crippen molar-refractivity contribution in [3.8, 4) is 5.88 Å². The Balaban J connectivity index is 1.97. The Labute approximate surface area is 97.9 Å². The summed E-state index contributed by atoms with van der Waals surface area (Å²) in [6, 6.07) is 5.68. The van der Waals surface area contributed by atoms with Gasteiger partial charge in [0.2, 0.25) is 5.88 Å². The molecule has 1 saturated heterocycles. The Bertz CT molecular complexity index is 505. The third-order valence-electron chi connectivity index (χ3n) is 2.80. The molecule has 4 nitrogen and oxygen atoms in total. The first kappa shape index (κ1) is 9.93. The van der Waals surface area contributed by atoms with Crippen LogP contribution in [0, 0.1) is 0 Å². The van der Waals surface area contributed by atoms with Crippen LogP contribution in [0.1, 0.15) is 6.42 Å². The fourth-order valence-corrected chi connectivity index (χ4v) is 2.23. The summed E-state index contributed by atoms with van der Waals surface area (Å²) in [6.45, 7) is 1.87. The monoisotopic (exact) mass is 237 g/mol. The molecule has 16 heavy (non-hydrogen) atoms. The van der Waals surface area contributed by atoms with Gasteiger partial charge in [-0.05, 0) is 25.1 Å². The van der Waals surface area contributed by atoms with Crippen molar-refractivity contribution in [3.63, 3.8) is 0 Å². The molecule has 2 aromatic rings. The van der Waals surface area contributed by atoms with E-state index in [1.807, 2.05) is 18.2 Å². The molecule has 0 bridgehead atoms. The molecule has 2 heterocycles. The number of halogens is 1. The lowest BCUT2D eigenvalue weighted by Gasteiger charge is -2.09. The average molecular weight is 238 g/mol. The van der Waals surface area contributed by atoms with E-state index in [4.69, 9.17) is 16.3 Å². The Morgan fingerprint density at radius 1 is 1.44 bits per heavy atom. The van der Waals surface area contributed by atoms with Crippen LogP contribution in [-0.4, -0.2) is 29.4 Å². The second-order valence-electron chi connectivity index (χ2n) is 3.92. The lowest BCUT2D eigenvalue weighted by molar-refractivity contribution is 0.216. The van der Waals surface area contributed by atoms with Crippen LogP contribution in [0.2, 0.25) is 5.02 Å². The molecule has 1 aliphatic heterocycles. The van der Waals surface area contributed by atoms with E-state index in [2.05, 4.69) is 15.5 Å². The van der Waals surface area contributed by atoms with Crippen LogP contribution >= 0.6 is 11.6 Å². The molecule has 1 aromatic carbocycles. The van der Waals surface area contributed by atoms with Crippen molar-refractivity contribution < 1.29 is 4.74 Å². The van der Waals surface area contributed by atoms with Gasteiger partial charge in [0, 0.05) is 6.54 Å². The molecular weight excluding hydrogens is 226 g/mol. The van der Waals surface area contributed by atoms with Crippen molar-refractivity contribution >= 4 is 22.5 Å². The number of fused-ring (bicyclic) bond motifs is 1. The Hall–Kier alpha value is -1.26. The fourth-order valence-electron chi connectivity index (χ4n) is 1.97. The molecule has 3 rings (SSSR count). The number of H-pyrrole nitrogens is 1. The molecule has 0 saturated carbocycles. The molecule has 5 heteroatoms. The second-order valence-corrected chi connectivity index (χ2v) is 4.33. The quantitative estimate of drug-likeness (QED) is 0.840. The highest BCUT2D eigenvalue weighted by Crippen LogP contribution is 2.30. The fraction of sp³-hybridized carbons (Fsp3) is 0.364. The minimum absolute atomic E-state index is 0.197. The SMILES string of the molecule is Clc1cccc2[nH]nc(OC3CCNC3)c12. The second kappa shape index (κ2) is 3.96. The number of aromatic amines is 1. The highest BCUT2D eigenvalue weighted by molar-refractivity contribution is 6.35. The first-order valence-corrected chi connectivity index (χ1v) is 5.72. The van der Waals surface area contributed by atoms with Gasteiger partial charge in [-0.15, -0.1) is 5.10 Å². The first-order chi connectivity index (χ1) is 7.84. The van der Waals surface area contributed by atoms with Gasteiger partial charge in [-0.2, -0.15) is 0 Å². The van der Waals surface area contributed by atoms with E-state index in [1.165, 1.54) is 0 Å². The van der Waals surface area contributed by atoms with Crippen LogP contribution in [-0.2, 0) is 0 Å². The zero-order valence-electron chi connectivity index (χ0n) is 8.66. The molecule has 1 aromatic heterocycles. The third-order valence-corrected chi connectivity index (χ3v) is 3.11. The highest BCUT2D eigenvalue weighted by Gasteiger charge is 2.19. The molecule has 2 N–H and O–H groups in total. The van der Waals surface area contributed by atoms with Crippen LogP contribution in [0.15, 0.2) is 18.2 Å². The standard InChI is InChI=1S/C11H12ClN3O/c12-8-2-1-3-9-10(8)11(15-14-9)16-7-4-5-13-6-7/h1-3,7,13H,4-6H2,(H,14,15). The van der Waals surface area contributed by atoms with Gasteiger partial charge in [-0.25, -0.2) is 0 Å². The summed E-state index contributed by atoms with van der Waals surface area (Å²) in [7, 11) is 0. The van der Waals surface area contributed by atoms with E-state index in [0.717, 1.165) is 30.4 Å². The van der Waals surface area contributed by atoms with Gasteiger partial charge in [-0.3, -0.25) is 5.10 Å². The number of aromatic nitrogens is 2. The van der Waals surface area contributed by atoms with Crippen molar-refractivity contribution in [2.75, 3.05) is 13.1 Å². The summed E-state index contributed by atoms with van der Waals surface area (Å²) >= 11 is 6.13. The van der Waals surface area contributed by atoms with Gasteiger partial charge < -0.3 is 10.1 Å². The maximum atomic E-state index is 6.13. The summed E-state index contributed by atoms with van der Waals surface area (Å²) in [4.78, 5) is 0. The van der Waals surface area contributed by atoms with Gasteiger partial charge in [0.1, 0.15) is 6.10 Å². The molecule has 1 unspecified atom stereocenters. The van der Waals surface area contributed by atoms with E-state index in [0.29, 0.717) is 10.9 Å². The van der Waals surface area contributed by atoms with Crippen LogP contribution in [0.4, 0.5) is 0 Å². The maximum absolute atomic E-state index is 6.13. The summed E-state index contributed by atoms with van der Waals surface area (Å²) in [6.07, 6.45) is 1.21. The number of hydrogen-bond donors (Lipinski definition) is 2. The molecule has 0 amide bonds. The molecule has 84 valence electrons. The van der Waals surface area contributed by atoms with E-state index in [9.17, 15) is 0 Å². The summed E-state index contributed by atoms with van der Waals surface area (Å²) in [5.74, 6) is 0.606. The lowest BCUT2D eigenvalue weighted by Crippen LogP contribution is -2.19. The van der Waals surface area contributed by atoms with E-state index >= 15 is 0 Å². The molecule has 0 aliphatic carbocycles. The zero-order chi connectivity index (χ0) is 11.0. The smallest absolute Gasteiger partial charge is 0.242 e. The largest absolute Gasteiger partial charge is 0.471 e. The van der Waals surface area contributed by atoms with Crippen LogP contribution in [0.5, 0.6) is 5.88 Å². The molecule has 0 radical (unpaired) electrons. The van der Waals surface area contributed by atoms with Gasteiger partial charge in [0.15, 0.2) is 0 Å². The number of nitrogens with one attached hydrogen (secondary N) is 2. The van der Waals surface area contributed by atoms with Gasteiger partial charge in [-0.1, -0.05) is 17.7 Å². The predicted molar refractivity (Wildman–Crippen MR) is 63.0 cm³/mol. The normalized spacial score (nSPS) is 20.4. The van der Waals surface area contributed by atoms with Gasteiger partial charge >= 0.3 is 0 Å². The van der Waals surface area contributed by atoms with Crippen molar-refractivity contribution in [2.45, 2.75) is 12.5 Å². The average Bonchev–Trinajstić information content (AvgIpc) is 2.90. The maximum Gasteiger partial charge on any atom is 0.242 e. The predicted octanol–water partition coefficient (Wildman–Crippen LogP) is 1.96. The zero-order valence-corrected chi connectivity index (χ0v) is 9.42. The molecular formula is C11H12ClN3O. The van der Waals surface area contributed by atoms with Gasteiger partial charge in [0.25, 0.3) is 0 Å². The van der Waals surface area contributed by atoms with Crippen LogP contribution in [0.3, 0.4) is 0 Å². The summed E-state index contributed by atoms with van der Waals surface area (Å²) in [5, 5.41) is 11.9. The number of benzene rings is 1. The summed E-state index contributed by atoms with van der Waals surface area (Å²) in [5.41, 5.74) is 0.911. The van der Waals surface area contributed by atoms with E-state index in [1.54, 1.807) is 0 Å². The Kier molecular flexibility index (Phi) is 2.46. The van der Waals surface area contributed by atoms with E-state index in [-0.39, 0.29) is 6.10 Å². The van der Waals surface area contributed by atoms with Crippen molar-refractivity contribution in [1.29, 1.82) is 0 Å². The van der Waals surface area contributed by atoms with E-state index < -0.39 is 0 Å². The van der Waals surface area contributed by atoms with Crippen LogP contribution in [0.25, 0.3) is 10.9 Å². The molecule has 1 fully saturated rings. The molecule has 1 aliphatic rings. The number of ether oxygens (including phenoxy) is 1. The number of hydrogen-bond acceptors (Lipinski definition) is 3. The first-order valence-electron chi connectivity index (χ1n) is 5.34. The van der Waals surface area contributed by atoms with Crippen LogP contribution < -0.4 is 10.1 Å². The Morgan fingerprint density at radius 3 is 3.19 bits per heavy atom. The highest BCUT2D eigenvalue weighted by atomic mass is 35.5. The molecule has 0 spiro atoms. The van der Waals surface area contributed by atoms with Crippen molar-refractivity contribution in [1.82, 2.24) is 15.5 Å². The lowest BCUT2D eigenvalue weighted by atomic mass is 10.2. The van der Waals surface area contributed by atoms with Crippen molar-refractivity contribution in [2.24, 2.45) is 0 Å². The number of rotatable bonds is 2. The van der Waals surface area contributed by atoms with Gasteiger partial charge in [0.05, 0.1) is 15.9 Å². The van der Waals surface area contributed by atoms with Crippen molar-refractivity contribution in [3.05, 3.63) is 23.2 Å². The molecule has 1 atom stereocenters. The third kappa shape index (κ3) is 1.64. The Morgan fingerprint density at radius 2 is 2.38 bits per heavy atom.